The molecule has 1 aliphatic heterocycles. The Kier molecular flexibility index (Phi) is 2.70. The van der Waals surface area contributed by atoms with Crippen molar-refractivity contribution in [1.82, 2.24) is 5.32 Å². The summed E-state index contributed by atoms with van der Waals surface area (Å²) in [6.45, 7) is 0.851. The topological polar surface area (TPSA) is 38.0 Å². The SMILES string of the molecule is NC1=CC(c2ccc(Br)c(Cl)c2)CN1. The predicted octanol–water partition coefficient (Wildman–Crippen LogP) is 2.59. The van der Waals surface area contributed by atoms with Gasteiger partial charge in [0, 0.05) is 16.9 Å². The van der Waals surface area contributed by atoms with E-state index in [0.717, 1.165) is 21.9 Å². The number of hydrogen-bond acceptors (Lipinski definition) is 2. The van der Waals surface area contributed by atoms with Crippen LogP contribution < -0.4 is 11.1 Å². The molecule has 2 rings (SSSR count). The van der Waals surface area contributed by atoms with Crippen molar-refractivity contribution in [2.24, 2.45) is 5.73 Å². The highest BCUT2D eigenvalue weighted by Crippen LogP contribution is 2.28. The number of rotatable bonds is 1. The Morgan fingerprint density at radius 2 is 2.29 bits per heavy atom. The number of nitrogens with one attached hydrogen (secondary N) is 1. The van der Waals surface area contributed by atoms with E-state index in [4.69, 9.17) is 17.3 Å². The molecule has 1 heterocycles. The molecule has 74 valence electrons. The highest BCUT2D eigenvalue weighted by atomic mass is 79.9. The van der Waals surface area contributed by atoms with Crippen molar-refractivity contribution in [1.29, 1.82) is 0 Å². The van der Waals surface area contributed by atoms with Crippen molar-refractivity contribution in [2.75, 3.05) is 6.54 Å². The van der Waals surface area contributed by atoms with Crippen molar-refractivity contribution in [3.8, 4) is 0 Å². The Balaban J connectivity index is 2.29. The van der Waals surface area contributed by atoms with Gasteiger partial charge in [-0.05, 0) is 39.7 Å². The number of benzene rings is 1. The maximum Gasteiger partial charge on any atom is 0.0926 e. The maximum absolute atomic E-state index is 6.01. The van der Waals surface area contributed by atoms with Gasteiger partial charge in [0.2, 0.25) is 0 Å². The molecule has 0 fully saturated rings. The minimum Gasteiger partial charge on any atom is -0.386 e. The monoisotopic (exact) mass is 272 g/mol. The Hall–Kier alpha value is -0.670. The standard InChI is InChI=1S/C10H10BrClN2/c11-8-2-1-6(3-9(8)12)7-4-10(13)14-5-7/h1-4,7,14H,5,13H2. The summed E-state index contributed by atoms with van der Waals surface area (Å²) in [4.78, 5) is 0. The summed E-state index contributed by atoms with van der Waals surface area (Å²) in [5.41, 5.74) is 6.82. The molecule has 2 nitrogen and oxygen atoms in total. The summed E-state index contributed by atoms with van der Waals surface area (Å²) in [6, 6.07) is 5.98. The van der Waals surface area contributed by atoms with Crippen molar-refractivity contribution in [2.45, 2.75) is 5.92 Å². The van der Waals surface area contributed by atoms with Crippen molar-refractivity contribution >= 4 is 27.5 Å². The predicted molar refractivity (Wildman–Crippen MR) is 62.2 cm³/mol. The van der Waals surface area contributed by atoms with Crippen LogP contribution in [0.15, 0.2) is 34.6 Å². The molecule has 4 heteroatoms. The van der Waals surface area contributed by atoms with E-state index >= 15 is 0 Å². The molecule has 1 atom stereocenters. The van der Waals surface area contributed by atoms with E-state index in [-0.39, 0.29) is 0 Å². The lowest BCUT2D eigenvalue weighted by atomic mass is 10.0. The van der Waals surface area contributed by atoms with Crippen LogP contribution in [0.25, 0.3) is 0 Å². The Morgan fingerprint density at radius 1 is 1.50 bits per heavy atom. The smallest absolute Gasteiger partial charge is 0.0926 e. The van der Waals surface area contributed by atoms with Crippen molar-refractivity contribution in [3.05, 3.63) is 45.2 Å². The second-order valence-electron chi connectivity index (χ2n) is 3.28. The molecular formula is C10H10BrClN2. The lowest BCUT2D eigenvalue weighted by Crippen LogP contribution is -2.15. The number of hydrogen-bond donors (Lipinski definition) is 2. The van der Waals surface area contributed by atoms with E-state index < -0.39 is 0 Å². The van der Waals surface area contributed by atoms with E-state index in [9.17, 15) is 0 Å². The molecule has 0 saturated heterocycles. The Bertz CT molecular complexity index is 390. The van der Waals surface area contributed by atoms with Gasteiger partial charge < -0.3 is 11.1 Å². The largest absolute Gasteiger partial charge is 0.386 e. The van der Waals surface area contributed by atoms with E-state index in [1.54, 1.807) is 0 Å². The number of halogens is 2. The molecule has 0 spiro atoms. The zero-order valence-corrected chi connectivity index (χ0v) is 9.77. The van der Waals surface area contributed by atoms with Gasteiger partial charge in [0.15, 0.2) is 0 Å². The molecule has 1 aromatic carbocycles. The molecule has 0 amide bonds. The third-order valence-corrected chi connectivity index (χ3v) is 3.51. The summed E-state index contributed by atoms with van der Waals surface area (Å²) in [5, 5.41) is 3.82. The molecule has 0 aromatic heterocycles. The molecule has 0 aliphatic carbocycles. The van der Waals surface area contributed by atoms with Gasteiger partial charge in [-0.25, -0.2) is 0 Å². The molecule has 14 heavy (non-hydrogen) atoms. The van der Waals surface area contributed by atoms with Crippen LogP contribution in [0.4, 0.5) is 0 Å². The zero-order chi connectivity index (χ0) is 10.1. The lowest BCUT2D eigenvalue weighted by molar-refractivity contribution is 0.791. The average molecular weight is 274 g/mol. The van der Waals surface area contributed by atoms with Gasteiger partial charge in [-0.2, -0.15) is 0 Å². The Morgan fingerprint density at radius 3 is 2.86 bits per heavy atom. The van der Waals surface area contributed by atoms with Crippen LogP contribution in [-0.2, 0) is 0 Å². The minimum atomic E-state index is 0.334. The lowest BCUT2D eigenvalue weighted by Gasteiger charge is -2.08. The normalized spacial score (nSPS) is 20.4. The fourth-order valence-electron chi connectivity index (χ4n) is 1.52. The van der Waals surface area contributed by atoms with Gasteiger partial charge in [0.05, 0.1) is 10.8 Å². The van der Waals surface area contributed by atoms with E-state index in [2.05, 4.69) is 27.3 Å². The third kappa shape index (κ3) is 1.88. The highest BCUT2D eigenvalue weighted by Gasteiger charge is 2.15. The summed E-state index contributed by atoms with van der Waals surface area (Å²) in [6.07, 6.45) is 2.01. The van der Waals surface area contributed by atoms with Crippen LogP contribution in [0, 0.1) is 0 Å². The first-order valence-electron chi connectivity index (χ1n) is 4.33. The molecule has 1 unspecified atom stereocenters. The van der Waals surface area contributed by atoms with Gasteiger partial charge in [0.1, 0.15) is 0 Å². The van der Waals surface area contributed by atoms with Gasteiger partial charge in [-0.15, -0.1) is 0 Å². The van der Waals surface area contributed by atoms with E-state index in [1.165, 1.54) is 5.56 Å². The van der Waals surface area contributed by atoms with Gasteiger partial charge in [-0.1, -0.05) is 17.7 Å². The fraction of sp³-hybridized carbons (Fsp3) is 0.200. The molecule has 0 bridgehead atoms. The summed E-state index contributed by atoms with van der Waals surface area (Å²) in [5.74, 6) is 1.08. The quantitative estimate of drug-likeness (QED) is 0.825. The molecule has 0 saturated carbocycles. The second kappa shape index (κ2) is 3.83. The van der Waals surface area contributed by atoms with Crippen LogP contribution in [0.1, 0.15) is 11.5 Å². The van der Waals surface area contributed by atoms with Crippen LogP contribution in [0.5, 0.6) is 0 Å². The third-order valence-electron chi connectivity index (χ3n) is 2.28. The summed E-state index contributed by atoms with van der Waals surface area (Å²) < 4.78 is 0.922. The molecule has 0 radical (unpaired) electrons. The minimum absolute atomic E-state index is 0.334. The van der Waals surface area contributed by atoms with Gasteiger partial charge in [-0.3, -0.25) is 0 Å². The van der Waals surface area contributed by atoms with E-state index in [0.29, 0.717) is 5.92 Å². The molecular weight excluding hydrogens is 263 g/mol. The average Bonchev–Trinajstić information content (AvgIpc) is 2.57. The Labute approximate surface area is 96.3 Å². The highest BCUT2D eigenvalue weighted by molar-refractivity contribution is 9.10. The van der Waals surface area contributed by atoms with Crippen LogP contribution in [-0.4, -0.2) is 6.54 Å². The first kappa shape index (κ1) is 9.87. The van der Waals surface area contributed by atoms with Gasteiger partial charge >= 0.3 is 0 Å². The first-order valence-corrected chi connectivity index (χ1v) is 5.50. The maximum atomic E-state index is 6.01. The molecule has 1 aliphatic rings. The van der Waals surface area contributed by atoms with Crippen LogP contribution >= 0.6 is 27.5 Å². The van der Waals surface area contributed by atoms with E-state index in [1.807, 2.05) is 18.2 Å². The van der Waals surface area contributed by atoms with Crippen LogP contribution in [0.2, 0.25) is 5.02 Å². The molecule has 3 N–H and O–H groups in total. The fourth-order valence-corrected chi connectivity index (χ4v) is 1.96. The molecule has 1 aromatic rings. The second-order valence-corrected chi connectivity index (χ2v) is 4.54. The summed E-state index contributed by atoms with van der Waals surface area (Å²) >= 11 is 9.37. The van der Waals surface area contributed by atoms with Gasteiger partial charge in [0.25, 0.3) is 0 Å². The first-order chi connectivity index (χ1) is 6.66. The zero-order valence-electron chi connectivity index (χ0n) is 7.43. The number of nitrogens with two attached hydrogens (primary N) is 1. The summed E-state index contributed by atoms with van der Waals surface area (Å²) in [7, 11) is 0. The van der Waals surface area contributed by atoms with Crippen LogP contribution in [0.3, 0.4) is 0 Å². The van der Waals surface area contributed by atoms with Crippen molar-refractivity contribution < 1.29 is 0 Å². The van der Waals surface area contributed by atoms with Crippen molar-refractivity contribution in [3.63, 3.8) is 0 Å².